The molecule has 3 aromatic rings. The molecule has 0 spiro atoms. The molecule has 0 bridgehead atoms. The topological polar surface area (TPSA) is 65.7 Å². The number of aliphatic hydroxyl groups is 1. The van der Waals surface area contributed by atoms with Gasteiger partial charge in [-0.15, -0.1) is 11.3 Å². The second-order valence-electron chi connectivity index (χ2n) is 8.35. The molecular weight excluding hydrogens is 384 g/mol. The highest BCUT2D eigenvalue weighted by Crippen LogP contribution is 2.35. The highest BCUT2D eigenvalue weighted by molar-refractivity contribution is 7.09. The Morgan fingerprint density at radius 2 is 2.07 bits per heavy atom. The maximum absolute atomic E-state index is 12.4. The van der Waals surface area contributed by atoms with Crippen LogP contribution in [0.4, 0.5) is 0 Å². The summed E-state index contributed by atoms with van der Waals surface area (Å²) in [6, 6.07) is 11.5. The van der Waals surface area contributed by atoms with E-state index in [9.17, 15) is 9.90 Å². The number of fused-ring (bicyclic) bond motifs is 1. The fourth-order valence-corrected chi connectivity index (χ4v) is 4.67. The van der Waals surface area contributed by atoms with Crippen molar-refractivity contribution in [3.05, 3.63) is 58.0 Å². The number of carbonyl (C=O) groups is 1. The summed E-state index contributed by atoms with van der Waals surface area (Å²) in [5.41, 5.74) is 0.747. The first-order valence-electron chi connectivity index (χ1n) is 10.2. The average molecular weight is 413 g/mol. The molecule has 3 heterocycles. The summed E-state index contributed by atoms with van der Waals surface area (Å²) >= 11 is 1.61. The fraction of sp³-hybridized carbons (Fsp3) is 0.435. The second-order valence-corrected chi connectivity index (χ2v) is 9.38. The van der Waals surface area contributed by atoms with Gasteiger partial charge in [-0.1, -0.05) is 26.0 Å². The van der Waals surface area contributed by atoms with Gasteiger partial charge in [0, 0.05) is 29.9 Å². The Kier molecular flexibility index (Phi) is 5.76. The van der Waals surface area contributed by atoms with E-state index in [0.717, 1.165) is 48.3 Å². The van der Waals surface area contributed by atoms with Crippen LogP contribution < -0.4 is 5.32 Å². The predicted molar refractivity (Wildman–Crippen MR) is 116 cm³/mol. The minimum absolute atomic E-state index is 0.225. The van der Waals surface area contributed by atoms with Crippen molar-refractivity contribution in [3.63, 3.8) is 0 Å². The number of rotatable bonds is 6. The lowest BCUT2D eigenvalue weighted by Crippen LogP contribution is -2.43. The maximum Gasteiger partial charge on any atom is 0.287 e. The number of benzene rings is 1. The molecule has 0 saturated carbocycles. The number of likely N-dealkylation sites (tertiary alicyclic amines) is 1. The lowest BCUT2D eigenvalue weighted by Gasteiger charge is -2.39. The van der Waals surface area contributed by atoms with Crippen LogP contribution in [0.25, 0.3) is 11.0 Å². The molecule has 1 amide bonds. The SMILES string of the molecule is CC(C)CN1CCC(O)(c2ccc3oc(C(=O)NCc4cccs4)cc3c2)CC1. The summed E-state index contributed by atoms with van der Waals surface area (Å²) in [6.07, 6.45) is 1.44. The zero-order valence-electron chi connectivity index (χ0n) is 17.0. The molecular formula is C23H28N2O3S. The molecule has 1 aliphatic heterocycles. The van der Waals surface area contributed by atoms with Gasteiger partial charge < -0.3 is 19.7 Å². The zero-order chi connectivity index (χ0) is 20.4. The number of piperidine rings is 1. The Balaban J connectivity index is 1.46. The van der Waals surface area contributed by atoms with Gasteiger partial charge in [-0.05, 0) is 54.0 Å². The molecule has 6 heteroatoms. The molecule has 4 rings (SSSR count). The summed E-state index contributed by atoms with van der Waals surface area (Å²) in [6.45, 7) is 7.80. The summed E-state index contributed by atoms with van der Waals surface area (Å²) in [5.74, 6) is 0.706. The molecule has 0 unspecified atom stereocenters. The number of nitrogens with one attached hydrogen (secondary N) is 1. The molecule has 154 valence electrons. The summed E-state index contributed by atoms with van der Waals surface area (Å²) in [7, 11) is 0. The van der Waals surface area contributed by atoms with Crippen LogP contribution in [0, 0.1) is 5.92 Å². The molecule has 29 heavy (non-hydrogen) atoms. The highest BCUT2D eigenvalue weighted by atomic mass is 32.1. The standard InChI is InChI=1S/C23H28N2O3S/c1-16(2)15-25-9-7-23(27,8-10-25)18-5-6-20-17(12-18)13-21(28-20)22(26)24-14-19-4-3-11-29-19/h3-6,11-13,16,27H,7-10,14-15H2,1-2H3,(H,24,26). The van der Waals surface area contributed by atoms with Gasteiger partial charge in [0.25, 0.3) is 5.91 Å². The van der Waals surface area contributed by atoms with Crippen LogP contribution in [-0.2, 0) is 12.1 Å². The van der Waals surface area contributed by atoms with E-state index in [4.69, 9.17) is 4.42 Å². The van der Waals surface area contributed by atoms with Gasteiger partial charge in [0.2, 0.25) is 0 Å². The van der Waals surface area contributed by atoms with E-state index in [0.29, 0.717) is 23.8 Å². The number of furan rings is 1. The van der Waals surface area contributed by atoms with E-state index in [2.05, 4.69) is 24.1 Å². The minimum atomic E-state index is -0.819. The van der Waals surface area contributed by atoms with Crippen molar-refractivity contribution >= 4 is 28.2 Å². The molecule has 5 nitrogen and oxygen atoms in total. The lowest BCUT2D eigenvalue weighted by atomic mass is 9.84. The van der Waals surface area contributed by atoms with Gasteiger partial charge in [0.15, 0.2) is 5.76 Å². The quantitative estimate of drug-likeness (QED) is 0.631. The Hall–Kier alpha value is -2.15. The van der Waals surface area contributed by atoms with Crippen molar-refractivity contribution in [2.24, 2.45) is 5.92 Å². The largest absolute Gasteiger partial charge is 0.451 e. The van der Waals surface area contributed by atoms with Crippen LogP contribution in [0.2, 0.25) is 0 Å². The van der Waals surface area contributed by atoms with Gasteiger partial charge in [-0.2, -0.15) is 0 Å². The third kappa shape index (κ3) is 4.55. The second kappa shape index (κ2) is 8.30. The van der Waals surface area contributed by atoms with E-state index >= 15 is 0 Å². The molecule has 1 fully saturated rings. The van der Waals surface area contributed by atoms with Crippen LogP contribution in [0.1, 0.15) is 47.7 Å². The molecule has 0 atom stereocenters. The maximum atomic E-state index is 12.4. The van der Waals surface area contributed by atoms with Crippen LogP contribution in [0.3, 0.4) is 0 Å². The lowest BCUT2D eigenvalue weighted by molar-refractivity contribution is -0.0278. The summed E-state index contributed by atoms with van der Waals surface area (Å²) < 4.78 is 5.74. The predicted octanol–water partition coefficient (Wildman–Crippen LogP) is 4.36. The third-order valence-corrected chi connectivity index (χ3v) is 6.46. The van der Waals surface area contributed by atoms with Gasteiger partial charge in [0.1, 0.15) is 5.58 Å². The van der Waals surface area contributed by atoms with Crippen molar-refractivity contribution in [3.8, 4) is 0 Å². The molecule has 1 aliphatic rings. The molecule has 2 N–H and O–H groups in total. The van der Waals surface area contributed by atoms with Crippen LogP contribution in [0.5, 0.6) is 0 Å². The first kappa shape index (κ1) is 20.1. The minimum Gasteiger partial charge on any atom is -0.451 e. The molecule has 1 saturated heterocycles. The van der Waals surface area contributed by atoms with E-state index in [1.54, 1.807) is 17.4 Å². The van der Waals surface area contributed by atoms with E-state index in [-0.39, 0.29) is 5.91 Å². The van der Waals surface area contributed by atoms with Crippen molar-refractivity contribution in [2.75, 3.05) is 19.6 Å². The van der Waals surface area contributed by atoms with Crippen LogP contribution in [-0.4, -0.2) is 35.5 Å². The van der Waals surface area contributed by atoms with Crippen LogP contribution in [0.15, 0.2) is 46.2 Å². The first-order chi connectivity index (χ1) is 13.9. The molecule has 0 radical (unpaired) electrons. The Morgan fingerprint density at radius 3 is 2.76 bits per heavy atom. The summed E-state index contributed by atoms with van der Waals surface area (Å²) in [4.78, 5) is 16.0. The van der Waals surface area contributed by atoms with E-state index in [1.165, 1.54) is 0 Å². The van der Waals surface area contributed by atoms with Crippen molar-refractivity contribution in [2.45, 2.75) is 38.8 Å². The van der Waals surface area contributed by atoms with Crippen molar-refractivity contribution in [1.29, 1.82) is 0 Å². The van der Waals surface area contributed by atoms with E-state index < -0.39 is 5.60 Å². The highest BCUT2D eigenvalue weighted by Gasteiger charge is 2.34. The monoisotopic (exact) mass is 412 g/mol. The normalized spacial score (nSPS) is 17.1. The van der Waals surface area contributed by atoms with E-state index in [1.807, 2.05) is 35.7 Å². The molecule has 2 aromatic heterocycles. The zero-order valence-corrected chi connectivity index (χ0v) is 17.8. The first-order valence-corrected chi connectivity index (χ1v) is 11.1. The number of hydrogen-bond donors (Lipinski definition) is 2. The number of thiophene rings is 1. The number of carbonyl (C=O) groups excluding carboxylic acids is 1. The Morgan fingerprint density at radius 1 is 1.28 bits per heavy atom. The fourth-order valence-electron chi connectivity index (χ4n) is 4.02. The van der Waals surface area contributed by atoms with Gasteiger partial charge >= 0.3 is 0 Å². The number of amides is 1. The van der Waals surface area contributed by atoms with Crippen molar-refractivity contribution < 1.29 is 14.3 Å². The Labute approximate surface area is 175 Å². The number of hydrogen-bond acceptors (Lipinski definition) is 5. The van der Waals surface area contributed by atoms with Crippen LogP contribution >= 0.6 is 11.3 Å². The van der Waals surface area contributed by atoms with Crippen molar-refractivity contribution in [1.82, 2.24) is 10.2 Å². The molecule has 0 aliphatic carbocycles. The smallest absolute Gasteiger partial charge is 0.287 e. The van der Waals surface area contributed by atoms with Gasteiger partial charge in [-0.25, -0.2) is 0 Å². The average Bonchev–Trinajstić information content (AvgIpc) is 3.36. The third-order valence-electron chi connectivity index (χ3n) is 5.59. The van der Waals surface area contributed by atoms with Gasteiger partial charge in [0.05, 0.1) is 12.1 Å². The number of nitrogens with zero attached hydrogens (tertiary/aromatic N) is 1. The summed E-state index contributed by atoms with van der Waals surface area (Å²) in [5, 5.41) is 17.0. The van der Waals surface area contributed by atoms with Gasteiger partial charge in [-0.3, -0.25) is 4.79 Å². The Bertz CT molecular complexity index is 969. The molecule has 1 aromatic carbocycles.